The van der Waals surface area contributed by atoms with E-state index in [-0.39, 0.29) is 6.10 Å². The summed E-state index contributed by atoms with van der Waals surface area (Å²) in [5.41, 5.74) is 5.54. The molecular formula is C26H27NOS. The first kappa shape index (κ1) is 18.9. The largest absolute Gasteiger partial charge is 0.372 e. The second kappa shape index (κ2) is 8.74. The summed E-state index contributed by atoms with van der Waals surface area (Å²) in [6, 6.07) is 24.3. The Morgan fingerprint density at radius 1 is 0.966 bits per heavy atom. The van der Waals surface area contributed by atoms with Crippen LogP contribution in [-0.2, 0) is 11.3 Å². The standard InChI is InChI=1S/C26H27NOS/c1-2-5-21-14-19(8-9-20(21)4-1)17-28-26-16-27-12-10-25(26)23-7-3-6-22(15-23)24-11-13-29-18-24/h1-9,14-15,18,25-27H,10-13,16-17H2/t25-,26+/m1/s1. The maximum atomic E-state index is 6.47. The van der Waals surface area contributed by atoms with Gasteiger partial charge in [-0.3, -0.25) is 0 Å². The number of thioether (sulfide) groups is 1. The van der Waals surface area contributed by atoms with Crippen LogP contribution in [0.25, 0.3) is 16.3 Å². The van der Waals surface area contributed by atoms with Gasteiger partial charge in [0.25, 0.3) is 0 Å². The molecule has 0 aromatic heterocycles. The smallest absolute Gasteiger partial charge is 0.0772 e. The Morgan fingerprint density at radius 2 is 1.90 bits per heavy atom. The van der Waals surface area contributed by atoms with Gasteiger partial charge in [0.15, 0.2) is 0 Å². The zero-order chi connectivity index (χ0) is 19.5. The maximum Gasteiger partial charge on any atom is 0.0772 e. The van der Waals surface area contributed by atoms with Crippen molar-refractivity contribution in [1.82, 2.24) is 5.32 Å². The molecule has 0 radical (unpaired) electrons. The highest BCUT2D eigenvalue weighted by Gasteiger charge is 2.27. The molecule has 0 saturated carbocycles. The third-order valence-corrected chi connectivity index (χ3v) is 7.00. The monoisotopic (exact) mass is 401 g/mol. The van der Waals surface area contributed by atoms with E-state index in [2.05, 4.69) is 77.5 Å². The molecule has 148 valence electrons. The van der Waals surface area contributed by atoms with Crippen LogP contribution in [0.3, 0.4) is 0 Å². The van der Waals surface area contributed by atoms with Gasteiger partial charge in [-0.15, -0.1) is 11.8 Å². The van der Waals surface area contributed by atoms with Crippen molar-refractivity contribution in [2.75, 3.05) is 18.8 Å². The summed E-state index contributed by atoms with van der Waals surface area (Å²) < 4.78 is 6.47. The van der Waals surface area contributed by atoms with Crippen LogP contribution >= 0.6 is 11.8 Å². The molecular weight excluding hydrogens is 374 g/mol. The lowest BCUT2D eigenvalue weighted by molar-refractivity contribution is 0.0106. The third kappa shape index (κ3) is 4.28. The molecule has 2 heterocycles. The summed E-state index contributed by atoms with van der Waals surface area (Å²) in [6.45, 7) is 2.64. The first-order valence-electron chi connectivity index (χ1n) is 10.6. The molecule has 3 heteroatoms. The summed E-state index contributed by atoms with van der Waals surface area (Å²) in [5.74, 6) is 1.66. The lowest BCUT2D eigenvalue weighted by Gasteiger charge is -2.33. The molecule has 3 aromatic carbocycles. The minimum atomic E-state index is 0.206. The van der Waals surface area contributed by atoms with Crippen LogP contribution in [-0.4, -0.2) is 24.9 Å². The number of piperidine rings is 1. The average Bonchev–Trinajstić information content (AvgIpc) is 3.33. The zero-order valence-electron chi connectivity index (χ0n) is 16.6. The molecule has 3 aromatic rings. The van der Waals surface area contributed by atoms with Crippen LogP contribution < -0.4 is 5.32 Å². The summed E-state index contributed by atoms with van der Waals surface area (Å²) >= 11 is 1.93. The molecule has 0 unspecified atom stereocenters. The Labute approximate surface area is 177 Å². The van der Waals surface area contributed by atoms with Crippen molar-refractivity contribution < 1.29 is 4.74 Å². The predicted molar refractivity (Wildman–Crippen MR) is 124 cm³/mol. The summed E-state index contributed by atoms with van der Waals surface area (Å²) in [4.78, 5) is 0. The molecule has 0 amide bonds. The van der Waals surface area contributed by atoms with Gasteiger partial charge in [-0.2, -0.15) is 0 Å². The molecule has 2 atom stereocenters. The van der Waals surface area contributed by atoms with Crippen LogP contribution in [0, 0.1) is 0 Å². The number of ether oxygens (including phenoxy) is 1. The van der Waals surface area contributed by atoms with Gasteiger partial charge in [-0.1, -0.05) is 60.7 Å². The first-order valence-corrected chi connectivity index (χ1v) is 11.6. The van der Waals surface area contributed by atoms with Crippen LogP contribution in [0.15, 0.2) is 72.1 Å². The SMILES string of the molecule is C1=C(c2cccc([C@H]3CCNC[C@@H]3OCc3ccc4ccccc4c3)c2)CCS1. The van der Waals surface area contributed by atoms with E-state index in [0.29, 0.717) is 12.5 Å². The summed E-state index contributed by atoms with van der Waals surface area (Å²) in [5, 5.41) is 8.42. The Morgan fingerprint density at radius 3 is 2.79 bits per heavy atom. The van der Waals surface area contributed by atoms with E-state index in [4.69, 9.17) is 4.74 Å². The second-order valence-corrected chi connectivity index (χ2v) is 9.00. The third-order valence-electron chi connectivity index (χ3n) is 6.10. The van der Waals surface area contributed by atoms with Gasteiger partial charge in [0.2, 0.25) is 0 Å². The topological polar surface area (TPSA) is 21.3 Å². The van der Waals surface area contributed by atoms with Crippen molar-refractivity contribution in [3.05, 3.63) is 88.8 Å². The van der Waals surface area contributed by atoms with Crippen molar-refractivity contribution in [2.45, 2.75) is 31.5 Å². The molecule has 1 N–H and O–H groups in total. The van der Waals surface area contributed by atoms with Gasteiger partial charge < -0.3 is 10.1 Å². The lowest BCUT2D eigenvalue weighted by atomic mass is 9.86. The van der Waals surface area contributed by atoms with Crippen molar-refractivity contribution in [3.8, 4) is 0 Å². The molecule has 2 aliphatic rings. The van der Waals surface area contributed by atoms with Crippen molar-refractivity contribution >= 4 is 28.1 Å². The molecule has 0 bridgehead atoms. The number of nitrogens with one attached hydrogen (secondary N) is 1. The highest BCUT2D eigenvalue weighted by Crippen LogP contribution is 2.34. The van der Waals surface area contributed by atoms with Gasteiger partial charge in [0, 0.05) is 18.2 Å². The number of fused-ring (bicyclic) bond motifs is 1. The fraction of sp³-hybridized carbons (Fsp3) is 0.308. The molecule has 5 rings (SSSR count). The molecule has 29 heavy (non-hydrogen) atoms. The van der Waals surface area contributed by atoms with Crippen LogP contribution in [0.2, 0.25) is 0 Å². The van der Waals surface area contributed by atoms with E-state index in [9.17, 15) is 0 Å². The van der Waals surface area contributed by atoms with Crippen LogP contribution in [0.4, 0.5) is 0 Å². The van der Waals surface area contributed by atoms with Gasteiger partial charge in [0.1, 0.15) is 0 Å². The summed E-state index contributed by atoms with van der Waals surface area (Å²) in [7, 11) is 0. The van der Waals surface area contributed by atoms with Gasteiger partial charge in [-0.25, -0.2) is 0 Å². The van der Waals surface area contributed by atoms with E-state index < -0.39 is 0 Å². The highest BCUT2D eigenvalue weighted by atomic mass is 32.2. The average molecular weight is 402 g/mol. The number of benzene rings is 3. The Bertz CT molecular complexity index is 1030. The number of allylic oxidation sites excluding steroid dienone is 1. The van der Waals surface area contributed by atoms with E-state index in [1.807, 2.05) is 11.8 Å². The Hall–Kier alpha value is -2.07. The fourth-order valence-electron chi connectivity index (χ4n) is 4.49. The minimum Gasteiger partial charge on any atom is -0.372 e. The quantitative estimate of drug-likeness (QED) is 0.568. The molecule has 1 fully saturated rings. The second-order valence-electron chi connectivity index (χ2n) is 8.02. The molecule has 0 spiro atoms. The lowest BCUT2D eigenvalue weighted by Crippen LogP contribution is -2.41. The Balaban J connectivity index is 1.32. The summed E-state index contributed by atoms with van der Waals surface area (Å²) in [6.07, 6.45) is 2.51. The molecule has 1 saturated heterocycles. The molecule has 2 aliphatic heterocycles. The zero-order valence-corrected chi connectivity index (χ0v) is 17.5. The van der Waals surface area contributed by atoms with E-state index in [1.54, 1.807) is 0 Å². The first-order chi connectivity index (χ1) is 14.4. The normalized spacial score (nSPS) is 22.0. The number of hydrogen-bond donors (Lipinski definition) is 1. The number of rotatable bonds is 5. The van der Waals surface area contributed by atoms with E-state index >= 15 is 0 Å². The highest BCUT2D eigenvalue weighted by molar-refractivity contribution is 8.02. The number of hydrogen-bond acceptors (Lipinski definition) is 3. The van der Waals surface area contributed by atoms with E-state index in [0.717, 1.165) is 19.5 Å². The van der Waals surface area contributed by atoms with Crippen LogP contribution in [0.5, 0.6) is 0 Å². The van der Waals surface area contributed by atoms with Crippen molar-refractivity contribution in [3.63, 3.8) is 0 Å². The van der Waals surface area contributed by atoms with E-state index in [1.165, 1.54) is 45.2 Å². The predicted octanol–water partition coefficient (Wildman–Crippen LogP) is 5.98. The van der Waals surface area contributed by atoms with Gasteiger partial charge in [-0.05, 0) is 63.9 Å². The van der Waals surface area contributed by atoms with Gasteiger partial charge in [0.05, 0.1) is 12.7 Å². The maximum absolute atomic E-state index is 6.47. The van der Waals surface area contributed by atoms with Gasteiger partial charge >= 0.3 is 0 Å². The fourth-order valence-corrected chi connectivity index (χ4v) is 5.40. The van der Waals surface area contributed by atoms with Crippen molar-refractivity contribution in [1.29, 1.82) is 0 Å². The molecule has 0 aliphatic carbocycles. The Kier molecular flexibility index (Phi) is 5.71. The minimum absolute atomic E-state index is 0.206. The van der Waals surface area contributed by atoms with Crippen molar-refractivity contribution in [2.24, 2.45) is 0 Å². The van der Waals surface area contributed by atoms with Crippen LogP contribution in [0.1, 0.15) is 35.4 Å². The molecule has 2 nitrogen and oxygen atoms in total.